The van der Waals surface area contributed by atoms with Crippen molar-refractivity contribution in [3.05, 3.63) is 54.2 Å². The van der Waals surface area contributed by atoms with Gasteiger partial charge in [-0.15, -0.1) is 0 Å². The third-order valence-corrected chi connectivity index (χ3v) is 2.98. The summed E-state index contributed by atoms with van der Waals surface area (Å²) in [4.78, 5) is 28.0. The Morgan fingerprint density at radius 1 is 1.14 bits per heavy atom. The monoisotopic (exact) mass is 287 g/mol. The second-order valence-corrected chi connectivity index (χ2v) is 4.66. The standard InChI is InChI=1S/C15H17N3O3/c1-10(12-6-3-4-8-16-12)17-14(19)11(2)18-15(20)13-7-5-9-21-13/h3-11H,1-2H3,(H,17,19)(H,18,20)/t10-,11-/m1/s1. The molecule has 21 heavy (non-hydrogen) atoms. The first-order valence-corrected chi connectivity index (χ1v) is 6.63. The summed E-state index contributed by atoms with van der Waals surface area (Å²) in [6.45, 7) is 3.45. The van der Waals surface area contributed by atoms with Crippen molar-refractivity contribution < 1.29 is 14.0 Å². The van der Waals surface area contributed by atoms with Gasteiger partial charge in [-0.3, -0.25) is 14.6 Å². The summed E-state index contributed by atoms with van der Waals surface area (Å²) in [6.07, 6.45) is 3.07. The van der Waals surface area contributed by atoms with Gasteiger partial charge in [0.2, 0.25) is 5.91 Å². The molecular formula is C15H17N3O3. The van der Waals surface area contributed by atoms with Crippen LogP contribution in [0.4, 0.5) is 0 Å². The van der Waals surface area contributed by atoms with Crippen LogP contribution in [0.3, 0.4) is 0 Å². The molecule has 0 fully saturated rings. The first-order chi connectivity index (χ1) is 10.1. The molecule has 2 N–H and O–H groups in total. The van der Waals surface area contributed by atoms with Crippen LogP contribution in [0.15, 0.2) is 47.2 Å². The molecule has 110 valence electrons. The summed E-state index contributed by atoms with van der Waals surface area (Å²) < 4.78 is 4.97. The molecule has 0 aliphatic carbocycles. The van der Waals surface area contributed by atoms with E-state index in [0.717, 1.165) is 5.69 Å². The Hall–Kier alpha value is -2.63. The molecule has 0 unspecified atom stereocenters. The fourth-order valence-corrected chi connectivity index (χ4v) is 1.79. The number of pyridine rings is 1. The minimum Gasteiger partial charge on any atom is -0.459 e. The van der Waals surface area contributed by atoms with E-state index in [1.54, 1.807) is 19.2 Å². The molecule has 0 radical (unpaired) electrons. The van der Waals surface area contributed by atoms with Crippen molar-refractivity contribution in [3.8, 4) is 0 Å². The molecule has 6 nitrogen and oxygen atoms in total. The number of nitrogens with zero attached hydrogens (tertiary/aromatic N) is 1. The Bertz CT molecular complexity index is 596. The normalized spacial score (nSPS) is 13.2. The second kappa shape index (κ2) is 6.69. The maximum absolute atomic E-state index is 12.0. The van der Waals surface area contributed by atoms with Crippen LogP contribution in [0, 0.1) is 0 Å². The van der Waals surface area contributed by atoms with Gasteiger partial charge >= 0.3 is 0 Å². The van der Waals surface area contributed by atoms with Crippen molar-refractivity contribution in [3.63, 3.8) is 0 Å². The highest BCUT2D eigenvalue weighted by atomic mass is 16.3. The van der Waals surface area contributed by atoms with Gasteiger partial charge in [-0.2, -0.15) is 0 Å². The van der Waals surface area contributed by atoms with Crippen LogP contribution in [0.5, 0.6) is 0 Å². The first-order valence-electron chi connectivity index (χ1n) is 6.63. The van der Waals surface area contributed by atoms with E-state index in [4.69, 9.17) is 4.42 Å². The minimum atomic E-state index is -0.672. The van der Waals surface area contributed by atoms with E-state index in [1.807, 2.05) is 25.1 Å². The van der Waals surface area contributed by atoms with Crippen LogP contribution < -0.4 is 10.6 Å². The van der Waals surface area contributed by atoms with Gasteiger partial charge < -0.3 is 15.1 Å². The number of furan rings is 1. The second-order valence-electron chi connectivity index (χ2n) is 4.66. The number of carbonyl (C=O) groups excluding carboxylic acids is 2. The van der Waals surface area contributed by atoms with Crippen LogP contribution in [0.25, 0.3) is 0 Å². The van der Waals surface area contributed by atoms with Crippen molar-refractivity contribution >= 4 is 11.8 Å². The summed E-state index contributed by atoms with van der Waals surface area (Å²) in [5.74, 6) is -0.534. The maximum atomic E-state index is 12.0. The molecule has 0 bridgehead atoms. The number of hydrogen-bond donors (Lipinski definition) is 2. The number of aromatic nitrogens is 1. The highest BCUT2D eigenvalue weighted by molar-refractivity contribution is 5.95. The lowest BCUT2D eigenvalue weighted by molar-refractivity contribution is -0.123. The van der Waals surface area contributed by atoms with Gasteiger partial charge in [-0.25, -0.2) is 0 Å². The maximum Gasteiger partial charge on any atom is 0.287 e. The van der Waals surface area contributed by atoms with E-state index in [-0.39, 0.29) is 17.7 Å². The smallest absolute Gasteiger partial charge is 0.287 e. The fraction of sp³-hybridized carbons (Fsp3) is 0.267. The number of amides is 2. The zero-order valence-electron chi connectivity index (χ0n) is 11.9. The van der Waals surface area contributed by atoms with Gasteiger partial charge in [0.15, 0.2) is 5.76 Å². The minimum absolute atomic E-state index is 0.174. The van der Waals surface area contributed by atoms with Gasteiger partial charge in [-0.05, 0) is 38.1 Å². The lowest BCUT2D eigenvalue weighted by Gasteiger charge is -2.17. The third kappa shape index (κ3) is 3.92. The van der Waals surface area contributed by atoms with Crippen LogP contribution in [0.2, 0.25) is 0 Å². The van der Waals surface area contributed by atoms with Gasteiger partial charge in [0.1, 0.15) is 6.04 Å². The molecule has 2 atom stereocenters. The Kier molecular flexibility index (Phi) is 4.71. The average Bonchev–Trinajstić information content (AvgIpc) is 3.02. The van der Waals surface area contributed by atoms with E-state index in [2.05, 4.69) is 15.6 Å². The van der Waals surface area contributed by atoms with Crippen molar-refractivity contribution in [2.75, 3.05) is 0 Å². The van der Waals surface area contributed by atoms with E-state index in [0.29, 0.717) is 0 Å². The van der Waals surface area contributed by atoms with E-state index < -0.39 is 11.9 Å². The lowest BCUT2D eigenvalue weighted by Crippen LogP contribution is -2.45. The molecule has 2 rings (SSSR count). The highest BCUT2D eigenvalue weighted by Gasteiger charge is 2.20. The molecule has 0 aromatic carbocycles. The van der Waals surface area contributed by atoms with E-state index in [9.17, 15) is 9.59 Å². The lowest BCUT2D eigenvalue weighted by atomic mass is 10.2. The van der Waals surface area contributed by atoms with E-state index >= 15 is 0 Å². The number of hydrogen-bond acceptors (Lipinski definition) is 4. The summed E-state index contributed by atoms with van der Waals surface area (Å²) in [5.41, 5.74) is 0.760. The largest absolute Gasteiger partial charge is 0.459 e. The molecule has 6 heteroatoms. The summed E-state index contributed by atoms with van der Waals surface area (Å²) in [6, 6.07) is 7.74. The van der Waals surface area contributed by atoms with Gasteiger partial charge in [0, 0.05) is 6.20 Å². The van der Waals surface area contributed by atoms with Crippen LogP contribution in [0.1, 0.15) is 36.1 Å². The van der Waals surface area contributed by atoms with Crippen molar-refractivity contribution in [1.29, 1.82) is 0 Å². The predicted octanol–water partition coefficient (Wildman–Crippen LogP) is 1.67. The van der Waals surface area contributed by atoms with Gasteiger partial charge in [0.05, 0.1) is 18.0 Å². The Labute approximate surface area is 122 Å². The van der Waals surface area contributed by atoms with Crippen LogP contribution in [-0.2, 0) is 4.79 Å². The fourth-order valence-electron chi connectivity index (χ4n) is 1.79. The summed E-state index contributed by atoms with van der Waals surface area (Å²) in [7, 11) is 0. The quantitative estimate of drug-likeness (QED) is 0.876. The van der Waals surface area contributed by atoms with Crippen molar-refractivity contribution in [2.24, 2.45) is 0 Å². The first kappa shape index (κ1) is 14.8. The van der Waals surface area contributed by atoms with Gasteiger partial charge in [0.25, 0.3) is 5.91 Å². The number of nitrogens with one attached hydrogen (secondary N) is 2. The molecule has 0 aliphatic rings. The third-order valence-electron chi connectivity index (χ3n) is 2.98. The number of carbonyl (C=O) groups is 2. The Balaban J connectivity index is 1.89. The van der Waals surface area contributed by atoms with Crippen molar-refractivity contribution in [2.45, 2.75) is 25.9 Å². The Morgan fingerprint density at radius 2 is 1.95 bits per heavy atom. The molecular weight excluding hydrogens is 270 g/mol. The topological polar surface area (TPSA) is 84.2 Å². The molecule has 2 amide bonds. The summed E-state index contributed by atoms with van der Waals surface area (Å²) in [5, 5.41) is 5.37. The Morgan fingerprint density at radius 3 is 2.57 bits per heavy atom. The SMILES string of the molecule is C[C@@H](NC(=O)c1ccco1)C(=O)N[C@H](C)c1ccccn1. The van der Waals surface area contributed by atoms with Crippen LogP contribution >= 0.6 is 0 Å². The number of rotatable bonds is 5. The molecule has 2 heterocycles. The highest BCUT2D eigenvalue weighted by Crippen LogP contribution is 2.08. The molecule has 0 spiro atoms. The molecule has 0 aliphatic heterocycles. The predicted molar refractivity (Wildman–Crippen MR) is 76.4 cm³/mol. The molecule has 2 aromatic rings. The molecule has 2 aromatic heterocycles. The van der Waals surface area contributed by atoms with Gasteiger partial charge in [-0.1, -0.05) is 6.07 Å². The average molecular weight is 287 g/mol. The zero-order chi connectivity index (χ0) is 15.2. The molecule has 0 saturated carbocycles. The zero-order valence-corrected chi connectivity index (χ0v) is 11.9. The van der Waals surface area contributed by atoms with E-state index in [1.165, 1.54) is 12.3 Å². The summed E-state index contributed by atoms with van der Waals surface area (Å²) >= 11 is 0. The van der Waals surface area contributed by atoms with Crippen molar-refractivity contribution in [1.82, 2.24) is 15.6 Å². The molecule has 0 saturated heterocycles. The van der Waals surface area contributed by atoms with Crippen LogP contribution in [-0.4, -0.2) is 22.8 Å².